The average Bonchev–Trinajstić information content (AvgIpc) is 3.07. The molecule has 1 aromatic carbocycles. The van der Waals surface area contributed by atoms with Crippen LogP contribution < -0.4 is 5.32 Å². The quantitative estimate of drug-likeness (QED) is 0.899. The third-order valence-corrected chi connectivity index (χ3v) is 3.82. The lowest BCUT2D eigenvalue weighted by Gasteiger charge is -2.19. The van der Waals surface area contributed by atoms with Gasteiger partial charge in [0.1, 0.15) is 0 Å². The number of amides is 1. The largest absolute Gasteiger partial charge is 0.353 e. The molecule has 0 radical (unpaired) electrons. The van der Waals surface area contributed by atoms with E-state index in [1.165, 1.54) is 0 Å². The molecule has 1 amide bonds. The van der Waals surface area contributed by atoms with Crippen LogP contribution in [-0.4, -0.2) is 16.5 Å². The normalized spacial score (nSPS) is 15.8. The van der Waals surface area contributed by atoms with Crippen LogP contribution in [0.5, 0.6) is 0 Å². The number of hydrogen-bond donors (Lipinski definition) is 1. The average molecular weight is 289 g/mol. The molecule has 3 nitrogen and oxygen atoms in total. The Balaban J connectivity index is 1.79. The molecule has 0 spiro atoms. The van der Waals surface area contributed by atoms with E-state index in [9.17, 15) is 4.79 Å². The van der Waals surface area contributed by atoms with Crippen LogP contribution in [0.1, 0.15) is 30.9 Å². The number of hydrogen-bond acceptors (Lipinski definition) is 1. The van der Waals surface area contributed by atoms with Crippen LogP contribution in [0.3, 0.4) is 0 Å². The molecule has 0 saturated heterocycles. The van der Waals surface area contributed by atoms with Crippen molar-refractivity contribution in [3.05, 3.63) is 59.4 Å². The van der Waals surface area contributed by atoms with Gasteiger partial charge < -0.3 is 9.88 Å². The van der Waals surface area contributed by atoms with E-state index < -0.39 is 0 Å². The summed E-state index contributed by atoms with van der Waals surface area (Å²) in [6.45, 7) is 0. The number of halogens is 1. The van der Waals surface area contributed by atoms with Crippen LogP contribution >= 0.6 is 11.6 Å². The molecule has 1 aliphatic carbocycles. The third-order valence-electron chi connectivity index (χ3n) is 3.56. The van der Waals surface area contributed by atoms with Gasteiger partial charge in [-0.25, -0.2) is 0 Å². The second-order valence-corrected chi connectivity index (χ2v) is 5.68. The molecule has 1 heterocycles. The van der Waals surface area contributed by atoms with Gasteiger partial charge in [-0.1, -0.05) is 23.7 Å². The zero-order chi connectivity index (χ0) is 13.9. The number of aromatic nitrogens is 1. The first kappa shape index (κ1) is 13.3. The predicted molar refractivity (Wildman–Crippen MR) is 79.8 cm³/mol. The summed E-state index contributed by atoms with van der Waals surface area (Å²) in [5, 5.41) is 3.76. The molecule has 0 aliphatic heterocycles. The monoisotopic (exact) mass is 288 g/mol. The summed E-state index contributed by atoms with van der Waals surface area (Å²) in [6.07, 6.45) is 6.65. The van der Waals surface area contributed by atoms with Crippen molar-refractivity contribution >= 4 is 17.5 Å². The highest BCUT2D eigenvalue weighted by atomic mass is 35.5. The van der Waals surface area contributed by atoms with Gasteiger partial charge in [0.15, 0.2) is 0 Å². The molecular weight excluding hydrogens is 272 g/mol. The minimum atomic E-state index is 0.0148. The summed E-state index contributed by atoms with van der Waals surface area (Å²) in [6, 6.07) is 12.1. The molecule has 20 heavy (non-hydrogen) atoms. The fourth-order valence-corrected chi connectivity index (χ4v) is 2.45. The summed E-state index contributed by atoms with van der Waals surface area (Å²) in [4.78, 5) is 12.1. The maximum absolute atomic E-state index is 12.1. The molecule has 3 rings (SSSR count). The summed E-state index contributed by atoms with van der Waals surface area (Å²) in [7, 11) is 0. The predicted octanol–water partition coefficient (Wildman–Crippen LogP) is 3.40. The number of nitrogens with zero attached hydrogens (tertiary/aromatic N) is 1. The lowest BCUT2D eigenvalue weighted by molar-refractivity contribution is -0.121. The van der Waals surface area contributed by atoms with Crippen molar-refractivity contribution in [2.24, 2.45) is 0 Å². The van der Waals surface area contributed by atoms with E-state index in [1.807, 2.05) is 48.8 Å². The SMILES string of the molecule is O=C(C[C@H](c1ccc(Cl)cc1)n1cccc1)NC1CC1. The van der Waals surface area contributed by atoms with E-state index in [2.05, 4.69) is 9.88 Å². The van der Waals surface area contributed by atoms with Crippen LogP contribution in [0.15, 0.2) is 48.8 Å². The van der Waals surface area contributed by atoms with Crippen LogP contribution in [0.2, 0.25) is 5.02 Å². The third kappa shape index (κ3) is 3.23. The van der Waals surface area contributed by atoms with Crippen molar-refractivity contribution in [3.63, 3.8) is 0 Å². The Morgan fingerprint density at radius 3 is 2.50 bits per heavy atom. The van der Waals surface area contributed by atoms with Crippen molar-refractivity contribution in [1.29, 1.82) is 0 Å². The lowest BCUT2D eigenvalue weighted by atomic mass is 10.0. The summed E-state index contributed by atoms with van der Waals surface area (Å²) < 4.78 is 2.07. The van der Waals surface area contributed by atoms with E-state index in [4.69, 9.17) is 11.6 Å². The van der Waals surface area contributed by atoms with Gasteiger partial charge in [0.2, 0.25) is 5.91 Å². The molecule has 0 bridgehead atoms. The number of benzene rings is 1. The lowest BCUT2D eigenvalue weighted by Crippen LogP contribution is -2.28. The Morgan fingerprint density at radius 1 is 1.25 bits per heavy atom. The highest BCUT2D eigenvalue weighted by Crippen LogP contribution is 2.25. The number of carbonyl (C=O) groups is 1. The fraction of sp³-hybridized carbons (Fsp3) is 0.312. The van der Waals surface area contributed by atoms with E-state index in [-0.39, 0.29) is 11.9 Å². The van der Waals surface area contributed by atoms with Crippen molar-refractivity contribution < 1.29 is 4.79 Å². The second-order valence-electron chi connectivity index (χ2n) is 5.24. The summed E-state index contributed by atoms with van der Waals surface area (Å²) in [5.74, 6) is 0.112. The molecule has 1 aliphatic rings. The van der Waals surface area contributed by atoms with Crippen molar-refractivity contribution in [1.82, 2.24) is 9.88 Å². The maximum Gasteiger partial charge on any atom is 0.222 e. The molecule has 2 aromatic rings. The highest BCUT2D eigenvalue weighted by Gasteiger charge is 2.25. The maximum atomic E-state index is 12.1. The number of nitrogens with one attached hydrogen (secondary N) is 1. The Kier molecular flexibility index (Phi) is 3.79. The molecule has 0 unspecified atom stereocenters. The molecule has 1 atom stereocenters. The van der Waals surface area contributed by atoms with Gasteiger partial charge in [0.25, 0.3) is 0 Å². The van der Waals surface area contributed by atoms with Gasteiger partial charge in [-0.15, -0.1) is 0 Å². The van der Waals surface area contributed by atoms with Gasteiger partial charge >= 0.3 is 0 Å². The van der Waals surface area contributed by atoms with Crippen molar-refractivity contribution in [2.45, 2.75) is 31.3 Å². The molecule has 1 fully saturated rings. The van der Waals surface area contributed by atoms with E-state index in [0.29, 0.717) is 17.5 Å². The molecule has 4 heteroatoms. The van der Waals surface area contributed by atoms with Gasteiger partial charge in [0.05, 0.1) is 12.5 Å². The topological polar surface area (TPSA) is 34.0 Å². The first-order valence-electron chi connectivity index (χ1n) is 6.89. The minimum absolute atomic E-state index is 0.0148. The van der Waals surface area contributed by atoms with Gasteiger partial charge in [-0.3, -0.25) is 4.79 Å². The summed E-state index contributed by atoms with van der Waals surface area (Å²) in [5.41, 5.74) is 1.09. The second kappa shape index (κ2) is 5.71. The Hall–Kier alpha value is -1.74. The van der Waals surface area contributed by atoms with Crippen LogP contribution in [0.4, 0.5) is 0 Å². The van der Waals surface area contributed by atoms with Crippen LogP contribution in [0.25, 0.3) is 0 Å². The standard InChI is InChI=1S/C16H17ClN2O/c17-13-5-3-12(4-6-13)15(19-9-1-2-10-19)11-16(20)18-14-7-8-14/h1-6,9-10,14-15H,7-8,11H2,(H,18,20)/t15-/m1/s1. The molecule has 1 saturated carbocycles. The van der Waals surface area contributed by atoms with E-state index >= 15 is 0 Å². The minimum Gasteiger partial charge on any atom is -0.353 e. The van der Waals surface area contributed by atoms with Crippen molar-refractivity contribution in [3.8, 4) is 0 Å². The molecule has 104 valence electrons. The first-order valence-corrected chi connectivity index (χ1v) is 7.27. The summed E-state index contributed by atoms with van der Waals surface area (Å²) >= 11 is 5.94. The van der Waals surface area contributed by atoms with Crippen LogP contribution in [0, 0.1) is 0 Å². The van der Waals surface area contributed by atoms with Gasteiger partial charge in [-0.05, 0) is 42.7 Å². The number of rotatable bonds is 5. The molecule has 1 N–H and O–H groups in total. The fourth-order valence-electron chi connectivity index (χ4n) is 2.33. The Morgan fingerprint density at radius 2 is 1.90 bits per heavy atom. The Labute approximate surface area is 123 Å². The Bertz CT molecular complexity index is 573. The van der Waals surface area contributed by atoms with E-state index in [0.717, 1.165) is 18.4 Å². The van der Waals surface area contributed by atoms with Gasteiger partial charge in [0, 0.05) is 23.5 Å². The van der Waals surface area contributed by atoms with E-state index in [1.54, 1.807) is 0 Å². The molecule has 1 aromatic heterocycles. The zero-order valence-electron chi connectivity index (χ0n) is 11.1. The first-order chi connectivity index (χ1) is 9.72. The zero-order valence-corrected chi connectivity index (χ0v) is 11.9. The number of carbonyl (C=O) groups excluding carboxylic acids is 1. The van der Waals surface area contributed by atoms with Crippen LogP contribution in [-0.2, 0) is 4.79 Å². The van der Waals surface area contributed by atoms with Gasteiger partial charge in [-0.2, -0.15) is 0 Å². The smallest absolute Gasteiger partial charge is 0.222 e. The molecular formula is C16H17ClN2O. The highest BCUT2D eigenvalue weighted by molar-refractivity contribution is 6.30. The van der Waals surface area contributed by atoms with Crippen molar-refractivity contribution in [2.75, 3.05) is 0 Å².